The van der Waals surface area contributed by atoms with Crippen molar-refractivity contribution in [3.8, 4) is 0 Å². The highest BCUT2D eigenvalue weighted by Gasteiger charge is 2.43. The van der Waals surface area contributed by atoms with Crippen molar-refractivity contribution in [3.05, 3.63) is 30.1 Å². The zero-order valence-electron chi connectivity index (χ0n) is 27.6. The third kappa shape index (κ3) is 15.3. The van der Waals surface area contributed by atoms with E-state index in [9.17, 15) is 88.7 Å². The predicted octanol–water partition coefficient (Wildman–Crippen LogP) is -3.04. The number of ketones is 1. The average Bonchev–Trinajstić information content (AvgIpc) is 3.06. The molecular weight excluding hydrogens is 956 g/mol. The van der Waals surface area contributed by atoms with Crippen LogP contribution in [0.5, 0.6) is 0 Å². The molecule has 53 heavy (non-hydrogen) atoms. The molecule has 13 N–H and O–H groups in total. The Bertz CT molecular complexity index is 1430. The molecule has 0 aliphatic carbocycles. The molecule has 0 bridgehead atoms. The minimum Gasteiger partial charge on any atom is -0.394 e. The zero-order chi connectivity index (χ0) is 41.0. The monoisotopic (exact) mass is 995 g/mol. The van der Waals surface area contributed by atoms with E-state index in [1.807, 2.05) is 0 Å². The third-order valence-electron chi connectivity index (χ3n) is 7.24. The molecule has 1 aromatic carbocycles. The van der Waals surface area contributed by atoms with E-state index in [0.29, 0.717) is 0 Å². The van der Waals surface area contributed by atoms with Crippen molar-refractivity contribution in [2.45, 2.75) is 49.1 Å². The van der Waals surface area contributed by atoms with Crippen molar-refractivity contribution < 1.29 is 88.7 Å². The smallest absolute Gasteiger partial charge is 0.340 e. The molecule has 0 radical (unpaired) electrons. The summed E-state index contributed by atoms with van der Waals surface area (Å²) < 4.78 is 22.4. The Morgan fingerprint density at radius 3 is 1.26 bits per heavy atom. The number of Topliss-reactive ketones (excluding diaryl/α,β-unsaturated/α-hetero) is 1. The van der Waals surface area contributed by atoms with Crippen LogP contribution in [0.2, 0.25) is 0 Å². The lowest BCUT2D eigenvalue weighted by molar-refractivity contribution is -0.125. The highest BCUT2D eigenvalue weighted by Crippen LogP contribution is 2.61. The van der Waals surface area contributed by atoms with Gasteiger partial charge in [0.2, 0.25) is 5.91 Å². The summed E-state index contributed by atoms with van der Waals surface area (Å²) in [5.74, 6) is -3.90. The summed E-state index contributed by atoms with van der Waals surface area (Å²) in [5, 5.41) is 77.8. The standard InChI is InChI=1S/C27H42Br3N3O18P2/c28-23-18(3-13(38)4-31-19(43)1-2-20(52(46,47)48)53(49,50)51)24(29)22(27(45)33(7-16(41)11-36)8-17(42)12-37)25(30)21(23)26(44)32(5-14(39)9-34)6-15(40)10-35/h14-17,20,34-37,39-42H,1-12H2,(H,31,43)(H2,46,47,48)(H2,49,50,51). The van der Waals surface area contributed by atoms with Gasteiger partial charge in [0.1, 0.15) is 0 Å². The van der Waals surface area contributed by atoms with Gasteiger partial charge in [-0.2, -0.15) is 0 Å². The number of nitrogens with zero attached hydrogens (tertiary/aromatic N) is 2. The molecule has 0 aliphatic rings. The van der Waals surface area contributed by atoms with Crippen LogP contribution in [0.25, 0.3) is 0 Å². The van der Waals surface area contributed by atoms with Crippen LogP contribution in [0, 0.1) is 0 Å². The maximum absolute atomic E-state index is 14.1. The van der Waals surface area contributed by atoms with E-state index >= 15 is 0 Å². The number of hydrogen-bond donors (Lipinski definition) is 13. The molecule has 0 saturated carbocycles. The maximum atomic E-state index is 14.1. The van der Waals surface area contributed by atoms with Gasteiger partial charge in [-0.05, 0) is 59.8 Å². The van der Waals surface area contributed by atoms with Crippen molar-refractivity contribution in [3.63, 3.8) is 0 Å². The minimum atomic E-state index is -5.32. The molecule has 0 fully saturated rings. The van der Waals surface area contributed by atoms with Crippen molar-refractivity contribution in [2.75, 3.05) is 59.2 Å². The van der Waals surface area contributed by atoms with Gasteiger partial charge in [0, 0.05) is 52.4 Å². The van der Waals surface area contributed by atoms with E-state index in [1.165, 1.54) is 0 Å². The summed E-state index contributed by atoms with van der Waals surface area (Å²) in [6, 6.07) is 0. The van der Waals surface area contributed by atoms with Gasteiger partial charge in [-0.1, -0.05) is 0 Å². The van der Waals surface area contributed by atoms with Crippen LogP contribution in [0.15, 0.2) is 13.4 Å². The molecule has 4 atom stereocenters. The molecule has 0 spiro atoms. The average molecular weight is 998 g/mol. The molecule has 0 aliphatic heterocycles. The van der Waals surface area contributed by atoms with Gasteiger partial charge in [0.15, 0.2) is 11.2 Å². The summed E-state index contributed by atoms with van der Waals surface area (Å²) in [5.41, 5.74) is -0.951. The number of hydrogen-bond acceptors (Lipinski definition) is 14. The van der Waals surface area contributed by atoms with Crippen molar-refractivity contribution >= 4 is 86.5 Å². The quantitative estimate of drug-likeness (QED) is 0.0485. The molecule has 26 heteroatoms. The molecule has 0 aromatic heterocycles. The molecule has 1 rings (SSSR count). The summed E-state index contributed by atoms with van der Waals surface area (Å²) in [6.45, 7) is -6.50. The van der Waals surface area contributed by atoms with Crippen LogP contribution in [-0.4, -0.2) is 183 Å². The number of benzene rings is 1. The molecule has 3 amide bonds. The Kier molecular flexibility index (Phi) is 21.1. The van der Waals surface area contributed by atoms with Crippen molar-refractivity contribution in [1.82, 2.24) is 15.1 Å². The topological polar surface area (TPSA) is 364 Å². The Morgan fingerprint density at radius 2 is 0.962 bits per heavy atom. The first-order valence-electron chi connectivity index (χ1n) is 15.3. The number of carbonyl (C=O) groups excluding carboxylic acids is 4. The summed E-state index contributed by atoms with van der Waals surface area (Å²) in [6.07, 6.45) is -8.60. The lowest BCUT2D eigenvalue weighted by Gasteiger charge is -2.30. The molecule has 21 nitrogen and oxygen atoms in total. The summed E-state index contributed by atoms with van der Waals surface area (Å²) in [7, 11) is -10.6. The number of nitrogens with one attached hydrogen (secondary N) is 1. The van der Waals surface area contributed by atoms with Crippen molar-refractivity contribution in [2.24, 2.45) is 0 Å². The van der Waals surface area contributed by atoms with E-state index in [1.54, 1.807) is 0 Å². The first kappa shape index (κ1) is 49.7. The molecule has 0 saturated heterocycles. The number of aliphatic hydroxyl groups is 8. The normalized spacial score (nSPS) is 14.4. The largest absolute Gasteiger partial charge is 0.394 e. The number of rotatable bonds is 23. The SMILES string of the molecule is O=C(CNC(=O)CCC(P(=O)(O)O)P(=O)(O)O)Cc1c(Br)c(C(=O)N(CC(O)CO)CC(O)CO)c(Br)c(C(=O)N(CC(O)CO)CC(O)CO)c1Br. The van der Waals surface area contributed by atoms with Gasteiger partial charge in [-0.3, -0.25) is 28.3 Å². The van der Waals surface area contributed by atoms with E-state index in [-0.39, 0.29) is 19.0 Å². The van der Waals surface area contributed by atoms with E-state index in [4.69, 9.17) is 0 Å². The molecule has 1 aromatic rings. The lowest BCUT2D eigenvalue weighted by Crippen LogP contribution is -2.45. The fourth-order valence-corrected chi connectivity index (χ4v) is 10.1. The van der Waals surface area contributed by atoms with Crippen LogP contribution < -0.4 is 5.32 Å². The van der Waals surface area contributed by atoms with Crippen molar-refractivity contribution in [1.29, 1.82) is 0 Å². The molecule has 4 unspecified atom stereocenters. The molecular formula is C27H42Br3N3O18P2. The molecule has 0 heterocycles. The molecule has 304 valence electrons. The van der Waals surface area contributed by atoms with Crippen LogP contribution in [0.1, 0.15) is 39.1 Å². The Balaban J connectivity index is 3.76. The summed E-state index contributed by atoms with van der Waals surface area (Å²) >= 11 is 9.68. The lowest BCUT2D eigenvalue weighted by atomic mass is 9.99. The first-order valence-corrected chi connectivity index (χ1v) is 21.0. The van der Waals surface area contributed by atoms with Crippen LogP contribution in [0.3, 0.4) is 0 Å². The zero-order valence-corrected chi connectivity index (χ0v) is 34.2. The number of amides is 3. The van der Waals surface area contributed by atoms with E-state index in [2.05, 4.69) is 53.1 Å². The van der Waals surface area contributed by atoms with Gasteiger partial charge >= 0.3 is 15.2 Å². The first-order chi connectivity index (χ1) is 24.4. The van der Waals surface area contributed by atoms with Crippen LogP contribution in [-0.2, 0) is 25.1 Å². The minimum absolute atomic E-state index is 0.127. The Labute approximate surface area is 327 Å². The fourth-order valence-electron chi connectivity index (χ4n) is 4.63. The predicted molar refractivity (Wildman–Crippen MR) is 193 cm³/mol. The van der Waals surface area contributed by atoms with Gasteiger partial charge in [0.25, 0.3) is 11.8 Å². The number of halogens is 3. The maximum Gasteiger partial charge on any atom is 0.340 e. The van der Waals surface area contributed by atoms with Gasteiger partial charge in [-0.15, -0.1) is 0 Å². The van der Waals surface area contributed by atoms with E-state index < -0.39 is 158 Å². The van der Waals surface area contributed by atoms with Crippen LogP contribution in [0.4, 0.5) is 0 Å². The highest BCUT2D eigenvalue weighted by atomic mass is 79.9. The fraction of sp³-hybridized carbons (Fsp3) is 0.630. The van der Waals surface area contributed by atoms with Gasteiger partial charge < -0.3 is 75.5 Å². The van der Waals surface area contributed by atoms with Gasteiger partial charge in [0.05, 0.1) is 68.5 Å². The second kappa shape index (κ2) is 22.5. The van der Waals surface area contributed by atoms with E-state index in [0.717, 1.165) is 9.80 Å². The third-order valence-corrected chi connectivity index (χ3v) is 13.7. The Morgan fingerprint density at radius 1 is 0.623 bits per heavy atom. The van der Waals surface area contributed by atoms with Gasteiger partial charge in [-0.25, -0.2) is 0 Å². The second-order valence-electron chi connectivity index (χ2n) is 11.6. The number of aliphatic hydroxyl groups excluding tert-OH is 8. The summed E-state index contributed by atoms with van der Waals surface area (Å²) in [4.78, 5) is 92.4. The number of carbonyl (C=O) groups is 4. The Hall–Kier alpha value is -1.28. The van der Waals surface area contributed by atoms with Crippen LogP contribution >= 0.6 is 63.0 Å². The highest BCUT2D eigenvalue weighted by molar-refractivity contribution is 9.11. The second-order valence-corrected chi connectivity index (χ2v) is 18.0.